The molecule has 0 fully saturated rings. The predicted octanol–water partition coefficient (Wildman–Crippen LogP) is 3.88. The summed E-state index contributed by atoms with van der Waals surface area (Å²) in [7, 11) is 0. The maximum atomic E-state index is 5.84. The maximum absolute atomic E-state index is 5.84. The van der Waals surface area contributed by atoms with Gasteiger partial charge in [0.15, 0.2) is 0 Å². The third-order valence-corrected chi connectivity index (χ3v) is 6.61. The smallest absolute Gasteiger partial charge is 0.385 e. The van der Waals surface area contributed by atoms with Gasteiger partial charge in [-0.3, -0.25) is 5.14 Å². The average Bonchev–Trinajstić information content (AvgIpc) is 2.44. The molecule has 0 saturated carbocycles. The minimum Gasteiger partial charge on any atom is -0.385 e. The Bertz CT molecular complexity index is 563. The van der Waals surface area contributed by atoms with E-state index >= 15 is 0 Å². The van der Waals surface area contributed by atoms with Crippen molar-refractivity contribution in [3.63, 3.8) is 0 Å². The van der Waals surface area contributed by atoms with Crippen LogP contribution in [0.5, 0.6) is 11.5 Å². The van der Waals surface area contributed by atoms with Crippen LogP contribution < -0.4 is 14.2 Å². The Balaban J connectivity index is 2.14. The molecular weight excluding hydrogens is 309 g/mol. The Morgan fingerprint density at radius 1 is 1.00 bits per heavy atom. The highest BCUT2D eigenvalue weighted by Crippen LogP contribution is 2.56. The number of hydrogen-bond acceptors (Lipinski definition) is 4. The van der Waals surface area contributed by atoms with Crippen molar-refractivity contribution in [3.05, 3.63) is 59.7 Å². The third-order valence-electron chi connectivity index (χ3n) is 2.63. The van der Waals surface area contributed by atoms with Gasteiger partial charge in [-0.05, 0) is 38.1 Å². The van der Waals surface area contributed by atoms with E-state index < -0.39 is 5.69 Å². The Hall–Kier alpha value is -1.00. The molecule has 0 aromatic heterocycles. The van der Waals surface area contributed by atoms with Crippen molar-refractivity contribution in [2.45, 2.75) is 13.8 Å². The molecule has 0 aliphatic heterocycles. The molecule has 0 bridgehead atoms. The summed E-state index contributed by atoms with van der Waals surface area (Å²) in [6.07, 6.45) is 0. The lowest BCUT2D eigenvalue weighted by molar-refractivity contribution is -0.133. The summed E-state index contributed by atoms with van der Waals surface area (Å²) in [6.45, 7) is 4.05. The molecule has 0 amide bonds. The van der Waals surface area contributed by atoms with Gasteiger partial charge in [-0.25, -0.2) is 0 Å². The zero-order chi connectivity index (χ0) is 14.6. The average molecular weight is 326 g/mol. The van der Waals surface area contributed by atoms with Gasteiger partial charge in [-0.15, -0.1) is 0 Å². The lowest BCUT2D eigenvalue weighted by Gasteiger charge is -2.07. The first-order chi connectivity index (χ1) is 9.50. The van der Waals surface area contributed by atoms with E-state index in [9.17, 15) is 0 Å². The first kappa shape index (κ1) is 15.4. The van der Waals surface area contributed by atoms with Gasteiger partial charge in [0.25, 0.3) is 11.6 Å². The molecule has 0 saturated heterocycles. The monoisotopic (exact) mass is 326 g/mol. The Labute approximate surface area is 128 Å². The molecule has 2 aromatic rings. The van der Waals surface area contributed by atoms with Gasteiger partial charge in [0, 0.05) is 12.1 Å². The summed E-state index contributed by atoms with van der Waals surface area (Å²) < 4.78 is 11.7. The summed E-state index contributed by atoms with van der Waals surface area (Å²) >= 11 is 6.70. The molecule has 105 valence electrons. The van der Waals surface area contributed by atoms with Crippen molar-refractivity contribution in [2.75, 3.05) is 0 Å². The second-order valence-electron chi connectivity index (χ2n) is 4.38. The fraction of sp³-hybridized carbons (Fsp3) is 0.143. The highest BCUT2D eigenvalue weighted by molar-refractivity contribution is 8.65. The summed E-state index contributed by atoms with van der Waals surface area (Å²) in [6, 6.07) is 15.5. The van der Waals surface area contributed by atoms with Crippen molar-refractivity contribution in [1.82, 2.24) is 0 Å². The zero-order valence-electron chi connectivity index (χ0n) is 11.4. The molecule has 0 spiro atoms. The topological polar surface area (TPSA) is 48.2 Å². The van der Waals surface area contributed by atoms with Gasteiger partial charge in [0.05, 0.1) is 11.8 Å². The molecule has 0 aliphatic rings. The summed E-state index contributed by atoms with van der Waals surface area (Å²) in [5, 5.41) is 3.80. The van der Waals surface area contributed by atoms with Crippen molar-refractivity contribution < 1.29 is 14.2 Å². The van der Waals surface area contributed by atoms with Crippen LogP contribution >= 0.6 is 17.3 Å². The van der Waals surface area contributed by atoms with Crippen molar-refractivity contribution >= 4 is 29.1 Å². The highest BCUT2D eigenvalue weighted by Gasteiger charge is 2.41. The number of aryl methyl sites for hydroxylation is 2. The van der Waals surface area contributed by atoms with E-state index in [1.165, 1.54) is 22.7 Å². The SMILES string of the molecule is Cc1ccc(OP(=S)([O+]c2ccc(C)cc2)S[NH3+])cc1. The van der Waals surface area contributed by atoms with Crippen LogP contribution in [0.2, 0.25) is 0 Å². The van der Waals surface area contributed by atoms with Crippen LogP contribution in [0.3, 0.4) is 0 Å². The van der Waals surface area contributed by atoms with Gasteiger partial charge >= 0.3 is 11.4 Å². The van der Waals surface area contributed by atoms with E-state index in [1.54, 1.807) is 0 Å². The molecule has 0 aliphatic carbocycles. The van der Waals surface area contributed by atoms with Gasteiger partial charge in [0.1, 0.15) is 5.75 Å². The Morgan fingerprint density at radius 2 is 1.50 bits per heavy atom. The molecule has 2 aromatic carbocycles. The molecule has 20 heavy (non-hydrogen) atoms. The van der Waals surface area contributed by atoms with Crippen LogP contribution in [0.1, 0.15) is 11.1 Å². The molecule has 6 heteroatoms. The molecular formula is C14H17NO2PS2+2. The Morgan fingerprint density at radius 3 is 2.00 bits per heavy atom. The van der Waals surface area contributed by atoms with Crippen molar-refractivity contribution in [2.24, 2.45) is 0 Å². The summed E-state index contributed by atoms with van der Waals surface area (Å²) in [4.78, 5) is 0. The quantitative estimate of drug-likeness (QED) is 0.515. The normalized spacial score (nSPS) is 13.6. The largest absolute Gasteiger partial charge is 0.624 e. The van der Waals surface area contributed by atoms with E-state index in [-0.39, 0.29) is 0 Å². The van der Waals surface area contributed by atoms with Crippen LogP contribution in [0.25, 0.3) is 0 Å². The molecule has 3 N–H and O–H groups in total. The lowest BCUT2D eigenvalue weighted by atomic mass is 10.2. The first-order valence-corrected chi connectivity index (χ1v) is 10.3. The molecule has 0 atom stereocenters. The van der Waals surface area contributed by atoms with E-state index in [0.717, 1.165) is 0 Å². The van der Waals surface area contributed by atoms with Crippen molar-refractivity contribution in [3.8, 4) is 11.5 Å². The van der Waals surface area contributed by atoms with Gasteiger partial charge in [0.2, 0.25) is 0 Å². The van der Waals surface area contributed by atoms with E-state index in [2.05, 4.69) is 5.14 Å². The minimum atomic E-state index is -2.54. The van der Waals surface area contributed by atoms with Crippen LogP contribution in [0, 0.1) is 13.8 Å². The molecule has 2 rings (SSSR count). The number of hydrogen-bond donors (Lipinski definition) is 1. The predicted molar refractivity (Wildman–Crippen MR) is 88.4 cm³/mol. The highest BCUT2D eigenvalue weighted by atomic mass is 32.9. The van der Waals surface area contributed by atoms with Gasteiger partial charge < -0.3 is 4.52 Å². The van der Waals surface area contributed by atoms with Crippen LogP contribution in [0.4, 0.5) is 0 Å². The summed E-state index contributed by atoms with van der Waals surface area (Å²) in [5.74, 6) is 1.42. The zero-order valence-corrected chi connectivity index (χ0v) is 13.9. The minimum absolute atomic E-state index is 0.710. The summed E-state index contributed by atoms with van der Waals surface area (Å²) in [5.41, 5.74) is -0.188. The van der Waals surface area contributed by atoms with Crippen LogP contribution in [-0.2, 0) is 11.8 Å². The third kappa shape index (κ3) is 4.25. The standard InChI is InChI=1S/C14H16NO2PS2/c1-11-3-7-13(8-4-11)16-18(19,20-15)17-14-9-5-12(2)6-10-14/h3-10H,15H2,1-2H3/q+1/p+1. The molecule has 1 radical (unpaired) electrons. The molecule has 0 unspecified atom stereocenters. The maximum Gasteiger partial charge on any atom is 0.624 e. The van der Waals surface area contributed by atoms with Crippen molar-refractivity contribution in [1.29, 1.82) is 0 Å². The first-order valence-electron chi connectivity index (χ1n) is 6.07. The number of rotatable bonds is 5. The van der Waals surface area contributed by atoms with E-state index in [0.29, 0.717) is 11.5 Å². The fourth-order valence-electron chi connectivity index (χ4n) is 1.53. The van der Waals surface area contributed by atoms with E-state index in [1.807, 2.05) is 62.4 Å². The van der Waals surface area contributed by atoms with E-state index in [4.69, 9.17) is 20.9 Å². The van der Waals surface area contributed by atoms with Crippen LogP contribution in [-0.4, -0.2) is 0 Å². The fourth-order valence-corrected chi connectivity index (χ4v) is 3.78. The second kappa shape index (κ2) is 6.64. The van der Waals surface area contributed by atoms with Gasteiger partial charge in [-0.2, -0.15) is 4.52 Å². The molecule has 3 nitrogen and oxygen atoms in total. The molecule has 0 heterocycles. The number of benzene rings is 2. The lowest BCUT2D eigenvalue weighted by Crippen LogP contribution is -2.36. The van der Waals surface area contributed by atoms with Crippen LogP contribution in [0.15, 0.2) is 48.5 Å². The second-order valence-corrected chi connectivity index (χ2v) is 10.3. The van der Waals surface area contributed by atoms with Gasteiger partial charge in [-0.1, -0.05) is 23.3 Å². The number of quaternary nitrogens is 1. The Kier molecular flexibility index (Phi) is 5.11.